The van der Waals surface area contributed by atoms with Gasteiger partial charge in [-0.25, -0.2) is 4.98 Å². The van der Waals surface area contributed by atoms with Crippen molar-refractivity contribution in [1.29, 1.82) is 0 Å². The summed E-state index contributed by atoms with van der Waals surface area (Å²) in [5.41, 5.74) is 6.03. The van der Waals surface area contributed by atoms with Crippen LogP contribution in [0.5, 0.6) is 0 Å². The molecule has 0 unspecified atom stereocenters. The molecule has 0 saturated carbocycles. The minimum Gasteiger partial charge on any atom is -0.337 e. The van der Waals surface area contributed by atoms with Gasteiger partial charge in [-0.2, -0.15) is 0 Å². The molecule has 32 heavy (non-hydrogen) atoms. The van der Waals surface area contributed by atoms with E-state index in [-0.39, 0.29) is 5.91 Å². The average Bonchev–Trinajstić information content (AvgIpc) is 3.20. The van der Waals surface area contributed by atoms with Crippen LogP contribution in [-0.4, -0.2) is 32.5 Å². The molecule has 2 aromatic heterocycles. The Morgan fingerprint density at radius 2 is 1.94 bits per heavy atom. The van der Waals surface area contributed by atoms with Gasteiger partial charge in [0.25, 0.3) is 0 Å². The molecule has 5 rings (SSSR count). The topological polar surface area (TPSA) is 71.0 Å². The Labute approximate surface area is 193 Å². The van der Waals surface area contributed by atoms with Crippen molar-refractivity contribution in [3.63, 3.8) is 0 Å². The molecule has 0 atom stereocenters. The van der Waals surface area contributed by atoms with Crippen molar-refractivity contribution < 1.29 is 4.79 Å². The Hall–Kier alpha value is -2.80. The van der Waals surface area contributed by atoms with E-state index in [2.05, 4.69) is 47.6 Å². The second kappa shape index (κ2) is 8.98. The van der Waals surface area contributed by atoms with Crippen molar-refractivity contribution in [2.75, 3.05) is 11.9 Å². The van der Waals surface area contributed by atoms with Crippen molar-refractivity contribution in [2.45, 2.75) is 58.9 Å². The number of rotatable bonds is 5. The van der Waals surface area contributed by atoms with E-state index in [0.29, 0.717) is 24.7 Å². The summed E-state index contributed by atoms with van der Waals surface area (Å²) in [5.74, 6) is 1.30. The van der Waals surface area contributed by atoms with Crippen LogP contribution in [0.2, 0.25) is 0 Å². The van der Waals surface area contributed by atoms with Crippen LogP contribution in [0.3, 0.4) is 0 Å². The third kappa shape index (κ3) is 4.53. The largest absolute Gasteiger partial charge is 0.337 e. The molecule has 1 aliphatic heterocycles. The molecule has 1 amide bonds. The van der Waals surface area contributed by atoms with Gasteiger partial charge in [0, 0.05) is 29.8 Å². The number of thiazole rings is 1. The second-order valence-electron chi connectivity index (χ2n) is 9.17. The van der Waals surface area contributed by atoms with E-state index in [1.807, 2.05) is 17.0 Å². The third-order valence-electron chi connectivity index (χ3n) is 6.21. The number of nitrogens with zero attached hydrogens (tertiary/aromatic N) is 4. The molecule has 0 fully saturated rings. The predicted octanol–water partition coefficient (Wildman–Crippen LogP) is 5.15. The second-order valence-corrected chi connectivity index (χ2v) is 10.3. The fraction of sp³-hybridized carbons (Fsp3) is 0.440. The van der Waals surface area contributed by atoms with Crippen LogP contribution < -0.4 is 5.32 Å². The molecule has 7 heteroatoms. The van der Waals surface area contributed by atoms with Crippen molar-refractivity contribution >= 4 is 28.2 Å². The van der Waals surface area contributed by atoms with Gasteiger partial charge < -0.3 is 10.2 Å². The molecule has 1 aliphatic carbocycles. The standard InChI is InChI=1S/C25H29N5OS/c1-16(2)13-24(31)30-12-11-21-22(15-30)32-25(26-21)27-23-10-9-20(28-29-23)19-8-7-17-5-3-4-6-18(17)14-19/h7-10,14,16H,3-6,11-13,15H2,1-2H3,(H,26,27,29). The van der Waals surface area contributed by atoms with Gasteiger partial charge in [0.1, 0.15) is 0 Å². The van der Waals surface area contributed by atoms with Crippen molar-refractivity contribution in [3.05, 3.63) is 52.0 Å². The number of hydrogen-bond donors (Lipinski definition) is 1. The lowest BCUT2D eigenvalue weighted by Crippen LogP contribution is -2.36. The molecule has 3 heterocycles. The predicted molar refractivity (Wildman–Crippen MR) is 128 cm³/mol. The van der Waals surface area contributed by atoms with Crippen LogP contribution in [0.4, 0.5) is 10.9 Å². The van der Waals surface area contributed by atoms with Gasteiger partial charge in [0.2, 0.25) is 5.91 Å². The quantitative estimate of drug-likeness (QED) is 0.585. The van der Waals surface area contributed by atoms with Crippen molar-refractivity contribution in [1.82, 2.24) is 20.1 Å². The summed E-state index contributed by atoms with van der Waals surface area (Å²) in [5, 5.41) is 12.9. The third-order valence-corrected chi connectivity index (χ3v) is 7.21. The molecule has 3 aromatic rings. The lowest BCUT2D eigenvalue weighted by Gasteiger charge is -2.26. The van der Waals surface area contributed by atoms with Gasteiger partial charge >= 0.3 is 0 Å². The first-order chi connectivity index (χ1) is 15.5. The molecule has 0 bridgehead atoms. The number of hydrogen-bond acceptors (Lipinski definition) is 6. The van der Waals surface area contributed by atoms with Gasteiger partial charge in [0.05, 0.1) is 17.9 Å². The molecule has 2 aliphatic rings. The number of anilines is 2. The van der Waals surface area contributed by atoms with Crippen LogP contribution >= 0.6 is 11.3 Å². The van der Waals surface area contributed by atoms with Crippen LogP contribution in [0, 0.1) is 5.92 Å². The number of nitrogens with one attached hydrogen (secondary N) is 1. The molecule has 0 radical (unpaired) electrons. The molecule has 0 spiro atoms. The fourth-order valence-electron chi connectivity index (χ4n) is 4.50. The zero-order chi connectivity index (χ0) is 22.1. The van der Waals surface area contributed by atoms with E-state index < -0.39 is 0 Å². The summed E-state index contributed by atoms with van der Waals surface area (Å²) < 4.78 is 0. The Kier molecular flexibility index (Phi) is 5.91. The molecule has 1 aromatic carbocycles. The summed E-state index contributed by atoms with van der Waals surface area (Å²) >= 11 is 1.60. The fourth-order valence-corrected chi connectivity index (χ4v) is 5.53. The summed E-state index contributed by atoms with van der Waals surface area (Å²) in [4.78, 5) is 20.3. The number of aromatic nitrogens is 3. The number of carbonyl (C=O) groups excluding carboxylic acids is 1. The van der Waals surface area contributed by atoms with Crippen LogP contribution in [0.15, 0.2) is 30.3 Å². The number of benzene rings is 1. The van der Waals surface area contributed by atoms with Gasteiger partial charge in [-0.05, 0) is 60.9 Å². The summed E-state index contributed by atoms with van der Waals surface area (Å²) in [6, 6.07) is 10.6. The number of amides is 1. The Morgan fingerprint density at radius 1 is 1.09 bits per heavy atom. The van der Waals surface area contributed by atoms with Gasteiger partial charge in [-0.1, -0.05) is 37.3 Å². The Balaban J connectivity index is 1.26. The summed E-state index contributed by atoms with van der Waals surface area (Å²) in [7, 11) is 0. The normalized spacial score (nSPS) is 15.4. The highest BCUT2D eigenvalue weighted by atomic mass is 32.1. The zero-order valence-electron chi connectivity index (χ0n) is 18.7. The number of fused-ring (bicyclic) bond motifs is 2. The lowest BCUT2D eigenvalue weighted by atomic mass is 9.90. The minimum absolute atomic E-state index is 0.234. The molecular weight excluding hydrogens is 418 g/mol. The summed E-state index contributed by atoms with van der Waals surface area (Å²) in [6.45, 7) is 5.57. The van der Waals surface area contributed by atoms with Crippen molar-refractivity contribution in [3.8, 4) is 11.3 Å². The minimum atomic E-state index is 0.234. The molecule has 166 valence electrons. The number of carbonyl (C=O) groups is 1. The SMILES string of the molecule is CC(C)CC(=O)N1CCc2nc(Nc3ccc(-c4ccc5c(c4)CCCC5)nn3)sc2C1. The van der Waals surface area contributed by atoms with E-state index in [0.717, 1.165) is 46.3 Å². The first-order valence-corrected chi connectivity index (χ1v) is 12.4. The van der Waals surface area contributed by atoms with Gasteiger partial charge in [0.15, 0.2) is 10.9 Å². The number of aryl methyl sites for hydroxylation is 2. The highest BCUT2D eigenvalue weighted by Crippen LogP contribution is 2.31. The van der Waals surface area contributed by atoms with Crippen LogP contribution in [0.25, 0.3) is 11.3 Å². The first kappa shape index (κ1) is 21.1. The van der Waals surface area contributed by atoms with E-state index in [1.54, 1.807) is 11.3 Å². The maximum Gasteiger partial charge on any atom is 0.223 e. The first-order valence-electron chi connectivity index (χ1n) is 11.5. The van der Waals surface area contributed by atoms with E-state index in [9.17, 15) is 4.79 Å². The molecular formula is C25H29N5OS. The van der Waals surface area contributed by atoms with E-state index in [1.165, 1.54) is 30.4 Å². The Bertz CT molecular complexity index is 1120. The monoisotopic (exact) mass is 447 g/mol. The Morgan fingerprint density at radius 3 is 2.72 bits per heavy atom. The van der Waals surface area contributed by atoms with Crippen molar-refractivity contribution in [2.24, 2.45) is 5.92 Å². The maximum atomic E-state index is 12.4. The highest BCUT2D eigenvalue weighted by Gasteiger charge is 2.24. The molecule has 1 N–H and O–H groups in total. The lowest BCUT2D eigenvalue weighted by molar-refractivity contribution is -0.132. The van der Waals surface area contributed by atoms with E-state index >= 15 is 0 Å². The molecule has 6 nitrogen and oxygen atoms in total. The highest BCUT2D eigenvalue weighted by molar-refractivity contribution is 7.15. The van der Waals surface area contributed by atoms with Gasteiger partial charge in [-0.15, -0.1) is 10.2 Å². The van der Waals surface area contributed by atoms with E-state index in [4.69, 9.17) is 4.98 Å². The van der Waals surface area contributed by atoms with Crippen LogP contribution in [-0.2, 0) is 30.6 Å². The average molecular weight is 448 g/mol. The molecule has 0 saturated heterocycles. The van der Waals surface area contributed by atoms with Gasteiger partial charge in [-0.3, -0.25) is 4.79 Å². The summed E-state index contributed by atoms with van der Waals surface area (Å²) in [6.07, 6.45) is 6.31. The maximum absolute atomic E-state index is 12.4. The van der Waals surface area contributed by atoms with Crippen LogP contribution in [0.1, 0.15) is 54.8 Å². The smallest absolute Gasteiger partial charge is 0.223 e. The zero-order valence-corrected chi connectivity index (χ0v) is 19.5.